The number of aromatic nitrogens is 1. The number of pyridine rings is 1. The molecule has 98 valence electrons. The van der Waals surface area contributed by atoms with E-state index in [1.807, 2.05) is 25.1 Å². The Morgan fingerprint density at radius 1 is 1.26 bits per heavy atom. The number of carbonyl (C=O) groups excluding carboxylic acids is 1. The van der Waals surface area contributed by atoms with Crippen LogP contribution in [-0.4, -0.2) is 10.9 Å². The maximum Gasteiger partial charge on any atom is 0.251 e. The van der Waals surface area contributed by atoms with Crippen molar-refractivity contribution in [2.45, 2.75) is 20.4 Å². The van der Waals surface area contributed by atoms with Crippen molar-refractivity contribution in [1.82, 2.24) is 10.3 Å². The first-order chi connectivity index (χ1) is 9.06. The van der Waals surface area contributed by atoms with Crippen molar-refractivity contribution in [3.8, 4) is 0 Å². The third-order valence-electron chi connectivity index (χ3n) is 2.80. The van der Waals surface area contributed by atoms with Crippen LogP contribution >= 0.6 is 0 Å². The number of hydrogen-bond acceptors (Lipinski definition) is 2. The lowest BCUT2D eigenvalue weighted by molar-refractivity contribution is 0.0950. The maximum absolute atomic E-state index is 13.1. The van der Waals surface area contributed by atoms with E-state index >= 15 is 0 Å². The van der Waals surface area contributed by atoms with Gasteiger partial charge in [-0.1, -0.05) is 6.07 Å². The molecule has 0 aliphatic rings. The molecule has 0 fully saturated rings. The standard InChI is InChI=1S/C15H15FN2O/c1-10-8-12(6-7-14(10)16)15(19)17-9-13-5-3-4-11(2)18-13/h3-8H,9H2,1-2H3,(H,17,19). The van der Waals surface area contributed by atoms with Crippen molar-refractivity contribution >= 4 is 5.91 Å². The Morgan fingerprint density at radius 3 is 2.74 bits per heavy atom. The average Bonchev–Trinajstić information content (AvgIpc) is 2.39. The van der Waals surface area contributed by atoms with Crippen LogP contribution in [0.2, 0.25) is 0 Å². The summed E-state index contributed by atoms with van der Waals surface area (Å²) in [6, 6.07) is 9.95. The first-order valence-corrected chi connectivity index (χ1v) is 6.03. The number of halogens is 1. The van der Waals surface area contributed by atoms with Crippen molar-refractivity contribution in [3.63, 3.8) is 0 Å². The second-order valence-corrected chi connectivity index (χ2v) is 4.42. The number of hydrogen-bond donors (Lipinski definition) is 1. The van der Waals surface area contributed by atoms with Gasteiger partial charge in [-0.3, -0.25) is 9.78 Å². The molecule has 1 aromatic heterocycles. The molecule has 0 bridgehead atoms. The van der Waals surface area contributed by atoms with Crippen LogP contribution in [0, 0.1) is 19.7 Å². The predicted molar refractivity (Wildman–Crippen MR) is 71.3 cm³/mol. The number of nitrogens with zero attached hydrogens (tertiary/aromatic N) is 1. The van der Waals surface area contributed by atoms with E-state index in [4.69, 9.17) is 0 Å². The molecule has 0 spiro atoms. The summed E-state index contributed by atoms with van der Waals surface area (Å²) in [6.07, 6.45) is 0. The normalized spacial score (nSPS) is 10.3. The van der Waals surface area contributed by atoms with E-state index < -0.39 is 0 Å². The summed E-state index contributed by atoms with van der Waals surface area (Å²) in [4.78, 5) is 16.2. The molecule has 3 nitrogen and oxygen atoms in total. The highest BCUT2D eigenvalue weighted by atomic mass is 19.1. The van der Waals surface area contributed by atoms with Crippen LogP contribution in [0.3, 0.4) is 0 Å². The highest BCUT2D eigenvalue weighted by Crippen LogP contribution is 2.09. The van der Waals surface area contributed by atoms with Gasteiger partial charge in [-0.25, -0.2) is 4.39 Å². The van der Waals surface area contributed by atoms with Gasteiger partial charge in [0.2, 0.25) is 0 Å². The van der Waals surface area contributed by atoms with Gasteiger partial charge in [-0.05, 0) is 49.7 Å². The summed E-state index contributed by atoms with van der Waals surface area (Å²) in [6.45, 7) is 3.89. The van der Waals surface area contributed by atoms with Crippen LogP contribution in [0.25, 0.3) is 0 Å². The van der Waals surface area contributed by atoms with Crippen LogP contribution in [0.5, 0.6) is 0 Å². The van der Waals surface area contributed by atoms with E-state index in [0.29, 0.717) is 17.7 Å². The molecule has 0 aliphatic heterocycles. The minimum atomic E-state index is -0.308. The first-order valence-electron chi connectivity index (χ1n) is 6.03. The molecule has 4 heteroatoms. The summed E-state index contributed by atoms with van der Waals surface area (Å²) in [5.74, 6) is -0.539. The van der Waals surface area contributed by atoms with Crippen molar-refractivity contribution in [2.24, 2.45) is 0 Å². The minimum Gasteiger partial charge on any atom is -0.346 e. The topological polar surface area (TPSA) is 42.0 Å². The molecule has 1 N–H and O–H groups in total. The Hall–Kier alpha value is -2.23. The van der Waals surface area contributed by atoms with E-state index in [1.54, 1.807) is 6.92 Å². The Morgan fingerprint density at radius 2 is 2.05 bits per heavy atom. The summed E-state index contributed by atoms with van der Waals surface area (Å²) >= 11 is 0. The molecule has 0 radical (unpaired) electrons. The lowest BCUT2D eigenvalue weighted by atomic mass is 10.1. The third-order valence-corrected chi connectivity index (χ3v) is 2.80. The molecule has 1 amide bonds. The van der Waals surface area contributed by atoms with Gasteiger partial charge < -0.3 is 5.32 Å². The highest BCUT2D eigenvalue weighted by molar-refractivity contribution is 5.94. The molecule has 0 saturated carbocycles. The largest absolute Gasteiger partial charge is 0.346 e. The van der Waals surface area contributed by atoms with Crippen molar-refractivity contribution in [1.29, 1.82) is 0 Å². The van der Waals surface area contributed by atoms with Crippen molar-refractivity contribution in [3.05, 3.63) is 64.7 Å². The molecule has 0 unspecified atom stereocenters. The van der Waals surface area contributed by atoms with Crippen LogP contribution in [0.15, 0.2) is 36.4 Å². The van der Waals surface area contributed by atoms with E-state index in [0.717, 1.165) is 11.4 Å². The molecule has 0 aliphatic carbocycles. The van der Waals surface area contributed by atoms with Crippen LogP contribution < -0.4 is 5.32 Å². The smallest absolute Gasteiger partial charge is 0.251 e. The van der Waals surface area contributed by atoms with E-state index in [9.17, 15) is 9.18 Å². The van der Waals surface area contributed by atoms with Crippen LogP contribution in [0.1, 0.15) is 27.3 Å². The van der Waals surface area contributed by atoms with Gasteiger partial charge in [-0.15, -0.1) is 0 Å². The molecular weight excluding hydrogens is 243 g/mol. The van der Waals surface area contributed by atoms with Gasteiger partial charge >= 0.3 is 0 Å². The number of aryl methyl sites for hydroxylation is 2. The van der Waals surface area contributed by atoms with Gasteiger partial charge in [0.1, 0.15) is 5.82 Å². The van der Waals surface area contributed by atoms with Crippen molar-refractivity contribution in [2.75, 3.05) is 0 Å². The van der Waals surface area contributed by atoms with E-state index in [1.165, 1.54) is 18.2 Å². The molecule has 0 atom stereocenters. The SMILES string of the molecule is Cc1cccc(CNC(=O)c2ccc(F)c(C)c2)n1. The minimum absolute atomic E-state index is 0.230. The lowest BCUT2D eigenvalue weighted by Gasteiger charge is -2.06. The van der Waals surface area contributed by atoms with Gasteiger partial charge in [0.05, 0.1) is 12.2 Å². The Labute approximate surface area is 111 Å². The van der Waals surface area contributed by atoms with E-state index in [2.05, 4.69) is 10.3 Å². The monoisotopic (exact) mass is 258 g/mol. The molecule has 1 aromatic carbocycles. The summed E-state index contributed by atoms with van der Waals surface area (Å²) in [5.41, 5.74) is 2.62. The Balaban J connectivity index is 2.03. The van der Waals surface area contributed by atoms with E-state index in [-0.39, 0.29) is 11.7 Å². The molecular formula is C15H15FN2O. The average molecular weight is 258 g/mol. The number of benzene rings is 1. The molecule has 1 heterocycles. The predicted octanol–water partition coefficient (Wildman–Crippen LogP) is 2.77. The number of nitrogens with one attached hydrogen (secondary N) is 1. The quantitative estimate of drug-likeness (QED) is 0.919. The van der Waals surface area contributed by atoms with Gasteiger partial charge in [0, 0.05) is 11.3 Å². The fourth-order valence-corrected chi connectivity index (χ4v) is 1.76. The summed E-state index contributed by atoms with van der Waals surface area (Å²) in [7, 11) is 0. The van der Waals surface area contributed by atoms with Gasteiger partial charge in [0.15, 0.2) is 0 Å². The zero-order valence-corrected chi connectivity index (χ0v) is 10.9. The molecule has 0 saturated heterocycles. The van der Waals surface area contributed by atoms with Gasteiger partial charge in [-0.2, -0.15) is 0 Å². The zero-order chi connectivity index (χ0) is 13.8. The Kier molecular flexibility index (Phi) is 3.90. The van der Waals surface area contributed by atoms with Crippen LogP contribution in [0.4, 0.5) is 4.39 Å². The first kappa shape index (κ1) is 13.2. The third kappa shape index (κ3) is 3.37. The second-order valence-electron chi connectivity index (χ2n) is 4.42. The molecule has 19 heavy (non-hydrogen) atoms. The fourth-order valence-electron chi connectivity index (χ4n) is 1.76. The lowest BCUT2D eigenvalue weighted by Crippen LogP contribution is -2.23. The fraction of sp³-hybridized carbons (Fsp3) is 0.200. The number of amides is 1. The highest BCUT2D eigenvalue weighted by Gasteiger charge is 2.07. The zero-order valence-electron chi connectivity index (χ0n) is 10.9. The maximum atomic E-state index is 13.1. The Bertz CT molecular complexity index is 611. The van der Waals surface area contributed by atoms with Crippen LogP contribution in [-0.2, 0) is 6.54 Å². The second kappa shape index (κ2) is 5.61. The van der Waals surface area contributed by atoms with Gasteiger partial charge in [0.25, 0.3) is 5.91 Å². The molecule has 2 rings (SSSR count). The summed E-state index contributed by atoms with van der Waals surface area (Å²) < 4.78 is 13.1. The molecule has 2 aromatic rings. The number of rotatable bonds is 3. The van der Waals surface area contributed by atoms with Crippen molar-refractivity contribution < 1.29 is 9.18 Å². The summed E-state index contributed by atoms with van der Waals surface area (Å²) in [5, 5.41) is 2.77. The number of carbonyl (C=O) groups is 1.